The predicted molar refractivity (Wildman–Crippen MR) is 136 cm³/mol. The van der Waals surface area contributed by atoms with Crippen molar-refractivity contribution < 1.29 is 18.0 Å². The van der Waals surface area contributed by atoms with E-state index in [0.29, 0.717) is 36.3 Å². The number of fused-ring (bicyclic) bond motifs is 1. The van der Waals surface area contributed by atoms with E-state index < -0.39 is 9.84 Å². The largest absolute Gasteiger partial charge is 0.348 e. The van der Waals surface area contributed by atoms with Gasteiger partial charge in [0.2, 0.25) is 0 Å². The van der Waals surface area contributed by atoms with Crippen LogP contribution in [0.2, 0.25) is 0 Å². The second kappa shape index (κ2) is 11.1. The molecule has 0 spiro atoms. The van der Waals surface area contributed by atoms with Crippen LogP contribution in [0.15, 0.2) is 78.0 Å². The van der Waals surface area contributed by atoms with Crippen LogP contribution in [0.25, 0.3) is 11.0 Å². The second-order valence-electron chi connectivity index (χ2n) is 8.28. The van der Waals surface area contributed by atoms with Crippen LogP contribution in [0, 0.1) is 0 Å². The van der Waals surface area contributed by atoms with Gasteiger partial charge in [-0.15, -0.1) is 0 Å². The molecule has 0 bridgehead atoms. The van der Waals surface area contributed by atoms with E-state index in [9.17, 15) is 18.0 Å². The molecule has 2 aromatic heterocycles. The van der Waals surface area contributed by atoms with Crippen molar-refractivity contribution in [1.29, 1.82) is 0 Å². The minimum Gasteiger partial charge on any atom is -0.348 e. The highest BCUT2D eigenvalue weighted by molar-refractivity contribution is 7.91. The molecule has 0 aliphatic carbocycles. The number of sulfone groups is 1. The molecule has 2 heterocycles. The van der Waals surface area contributed by atoms with Gasteiger partial charge >= 0.3 is 0 Å². The number of carbonyl (C=O) groups is 2. The van der Waals surface area contributed by atoms with Gasteiger partial charge in [-0.05, 0) is 49.2 Å². The first kappa shape index (κ1) is 25.1. The fraction of sp³-hybridized carbons (Fsp3) is 0.231. The molecule has 0 atom stereocenters. The summed E-state index contributed by atoms with van der Waals surface area (Å²) in [6.07, 6.45) is 3.40. The number of carbonyl (C=O) groups excluding carboxylic acids is 2. The van der Waals surface area contributed by atoms with Gasteiger partial charge in [-0.2, -0.15) is 5.10 Å². The van der Waals surface area contributed by atoms with Crippen molar-refractivity contribution in [1.82, 2.24) is 25.4 Å². The van der Waals surface area contributed by atoms with Crippen molar-refractivity contribution in [2.75, 3.05) is 18.8 Å². The van der Waals surface area contributed by atoms with Crippen LogP contribution >= 0.6 is 0 Å². The summed E-state index contributed by atoms with van der Waals surface area (Å²) in [5, 5.41) is 10.2. The van der Waals surface area contributed by atoms with Crippen LogP contribution in [0.1, 0.15) is 39.6 Å². The molecule has 9 nitrogen and oxygen atoms in total. The first-order chi connectivity index (χ1) is 17.4. The molecule has 36 heavy (non-hydrogen) atoms. The predicted octanol–water partition coefficient (Wildman–Crippen LogP) is 3.21. The van der Waals surface area contributed by atoms with E-state index in [1.165, 1.54) is 6.20 Å². The van der Waals surface area contributed by atoms with E-state index in [4.69, 9.17) is 0 Å². The van der Waals surface area contributed by atoms with Crippen LogP contribution in [-0.4, -0.2) is 59.2 Å². The molecule has 0 saturated carbocycles. The molecule has 2 N–H and O–H groups in total. The SMILES string of the molecule is CCN(CCCS(=O)(=O)c1ccc(CNC(=O)c2cnc3[nH]ncc3c2)cc1)C(=O)c1ccccc1. The number of pyridine rings is 1. The summed E-state index contributed by atoms with van der Waals surface area (Å²) in [5.74, 6) is -0.458. The van der Waals surface area contributed by atoms with E-state index in [0.717, 1.165) is 10.9 Å². The summed E-state index contributed by atoms with van der Waals surface area (Å²) in [7, 11) is -3.50. The van der Waals surface area contributed by atoms with Crippen molar-refractivity contribution in [3.8, 4) is 0 Å². The van der Waals surface area contributed by atoms with Gasteiger partial charge in [0.15, 0.2) is 15.5 Å². The first-order valence-electron chi connectivity index (χ1n) is 11.6. The number of aromatic nitrogens is 3. The van der Waals surface area contributed by atoms with Crippen LogP contribution in [0.3, 0.4) is 0 Å². The molecule has 0 fully saturated rings. The minimum absolute atomic E-state index is 0.0643. The molecule has 2 amide bonds. The van der Waals surface area contributed by atoms with Gasteiger partial charge in [0.05, 0.1) is 22.4 Å². The fourth-order valence-electron chi connectivity index (χ4n) is 3.79. The molecule has 4 rings (SSSR count). The number of H-pyrrole nitrogens is 1. The van der Waals surface area contributed by atoms with E-state index in [1.807, 2.05) is 13.0 Å². The fourth-order valence-corrected chi connectivity index (χ4v) is 5.09. The number of nitrogens with one attached hydrogen (secondary N) is 2. The number of benzene rings is 2. The Kier molecular flexibility index (Phi) is 7.74. The molecular formula is C26H27N5O4S. The lowest BCUT2D eigenvalue weighted by molar-refractivity contribution is 0.0764. The third-order valence-electron chi connectivity index (χ3n) is 5.82. The summed E-state index contributed by atoms with van der Waals surface area (Å²) >= 11 is 0. The summed E-state index contributed by atoms with van der Waals surface area (Å²) in [5.41, 5.74) is 2.37. The summed E-state index contributed by atoms with van der Waals surface area (Å²) in [6.45, 7) is 2.97. The van der Waals surface area contributed by atoms with E-state index in [2.05, 4.69) is 20.5 Å². The van der Waals surface area contributed by atoms with Crippen LogP contribution in [0.4, 0.5) is 0 Å². The maximum atomic E-state index is 12.8. The third-order valence-corrected chi connectivity index (χ3v) is 7.64. The second-order valence-corrected chi connectivity index (χ2v) is 10.4. The maximum absolute atomic E-state index is 12.8. The van der Waals surface area contributed by atoms with E-state index >= 15 is 0 Å². The molecule has 2 aromatic carbocycles. The van der Waals surface area contributed by atoms with Gasteiger partial charge in [-0.1, -0.05) is 30.3 Å². The Morgan fingerprint density at radius 1 is 1.00 bits per heavy atom. The normalized spacial score (nSPS) is 11.4. The van der Waals surface area contributed by atoms with Crippen molar-refractivity contribution in [3.63, 3.8) is 0 Å². The highest BCUT2D eigenvalue weighted by atomic mass is 32.2. The smallest absolute Gasteiger partial charge is 0.253 e. The molecule has 0 aliphatic heterocycles. The van der Waals surface area contributed by atoms with Gasteiger partial charge in [0.1, 0.15) is 0 Å². The molecule has 0 unspecified atom stereocenters. The molecule has 186 valence electrons. The third kappa shape index (κ3) is 5.95. The van der Waals surface area contributed by atoms with Crippen LogP contribution in [-0.2, 0) is 16.4 Å². The molecular weight excluding hydrogens is 478 g/mol. The molecule has 0 radical (unpaired) electrons. The zero-order valence-electron chi connectivity index (χ0n) is 19.8. The summed E-state index contributed by atoms with van der Waals surface area (Å²) in [6, 6.07) is 17.1. The lowest BCUT2D eigenvalue weighted by Gasteiger charge is -2.21. The monoisotopic (exact) mass is 505 g/mol. The van der Waals surface area contributed by atoms with E-state index in [-0.39, 0.29) is 29.0 Å². The Morgan fingerprint density at radius 3 is 2.47 bits per heavy atom. The highest BCUT2D eigenvalue weighted by Crippen LogP contribution is 2.15. The minimum atomic E-state index is -3.50. The Hall–Kier alpha value is -4.05. The highest BCUT2D eigenvalue weighted by Gasteiger charge is 2.18. The molecule has 0 saturated heterocycles. The molecule has 0 aliphatic rings. The quantitative estimate of drug-likeness (QED) is 0.341. The van der Waals surface area contributed by atoms with Gasteiger partial charge in [-0.25, -0.2) is 13.4 Å². The topological polar surface area (TPSA) is 125 Å². The van der Waals surface area contributed by atoms with Crippen molar-refractivity contribution in [2.24, 2.45) is 0 Å². The number of aromatic amines is 1. The lowest BCUT2D eigenvalue weighted by Crippen LogP contribution is -2.32. The maximum Gasteiger partial charge on any atom is 0.253 e. The Labute approximate surface area is 209 Å². The van der Waals surface area contributed by atoms with Gasteiger partial charge in [0, 0.05) is 36.8 Å². The number of nitrogens with zero attached hydrogens (tertiary/aromatic N) is 3. The van der Waals surface area contributed by atoms with Crippen LogP contribution in [0.5, 0.6) is 0 Å². The first-order valence-corrected chi connectivity index (χ1v) is 13.3. The van der Waals surface area contributed by atoms with Crippen LogP contribution < -0.4 is 5.32 Å². The number of rotatable bonds is 10. The number of hydrogen-bond acceptors (Lipinski definition) is 6. The number of hydrogen-bond donors (Lipinski definition) is 2. The zero-order chi connectivity index (χ0) is 25.5. The van der Waals surface area contributed by atoms with Crippen molar-refractivity contribution in [2.45, 2.75) is 24.8 Å². The lowest BCUT2D eigenvalue weighted by atomic mass is 10.2. The molecule has 4 aromatic rings. The van der Waals surface area contributed by atoms with Gasteiger partial charge < -0.3 is 10.2 Å². The van der Waals surface area contributed by atoms with Gasteiger partial charge in [0.25, 0.3) is 11.8 Å². The molecule has 10 heteroatoms. The number of amides is 2. The standard InChI is InChI=1S/C26H27N5O4S/c1-2-31(26(33)20-7-4-3-5-8-20)13-6-14-36(34,35)23-11-9-19(10-12-23)16-28-25(32)22-15-21-18-29-30-24(21)27-17-22/h3-5,7-12,15,17-18H,2,6,13-14,16H2,1H3,(H,28,32)(H,27,29,30). The van der Waals surface area contributed by atoms with Crippen molar-refractivity contribution in [3.05, 3.63) is 89.7 Å². The van der Waals surface area contributed by atoms with E-state index in [1.54, 1.807) is 65.7 Å². The average molecular weight is 506 g/mol. The summed E-state index contributed by atoms with van der Waals surface area (Å²) < 4.78 is 25.6. The van der Waals surface area contributed by atoms with Gasteiger partial charge in [-0.3, -0.25) is 14.7 Å². The Bertz CT molecular complexity index is 1450. The summed E-state index contributed by atoms with van der Waals surface area (Å²) in [4.78, 5) is 31.1. The average Bonchev–Trinajstić information content (AvgIpc) is 3.38. The Morgan fingerprint density at radius 2 is 1.75 bits per heavy atom. The van der Waals surface area contributed by atoms with Crippen molar-refractivity contribution >= 4 is 32.7 Å². The Balaban J connectivity index is 1.29. The zero-order valence-corrected chi connectivity index (χ0v) is 20.7.